The first kappa shape index (κ1) is 10.6. The zero-order valence-electron chi connectivity index (χ0n) is 8.20. The summed E-state index contributed by atoms with van der Waals surface area (Å²) in [5, 5.41) is 3.25. The van der Waals surface area contributed by atoms with Crippen LogP contribution in [0.15, 0.2) is 28.2 Å². The highest BCUT2D eigenvalue weighted by molar-refractivity contribution is 9.11. The molecule has 2 heterocycles. The van der Waals surface area contributed by atoms with E-state index in [9.17, 15) is 0 Å². The molecule has 15 heavy (non-hydrogen) atoms. The standard InChI is InChI=1S/C10H10BrN3S/c1-7-12-5-4-10(14-7)13-6-8-2-3-9(11)15-8/h2-5H,6H2,1H3,(H,12,13,14). The maximum Gasteiger partial charge on any atom is 0.129 e. The van der Waals surface area contributed by atoms with Gasteiger partial charge in [0.1, 0.15) is 11.6 Å². The van der Waals surface area contributed by atoms with Crippen LogP contribution >= 0.6 is 27.3 Å². The average Bonchev–Trinajstić information content (AvgIpc) is 2.62. The van der Waals surface area contributed by atoms with Gasteiger partial charge in [-0.25, -0.2) is 9.97 Å². The van der Waals surface area contributed by atoms with Crippen molar-refractivity contribution in [2.24, 2.45) is 0 Å². The zero-order chi connectivity index (χ0) is 10.7. The molecule has 0 atom stereocenters. The molecule has 2 rings (SSSR count). The predicted octanol–water partition coefficient (Wildman–Crippen LogP) is 3.22. The summed E-state index contributed by atoms with van der Waals surface area (Å²) < 4.78 is 1.15. The van der Waals surface area contributed by atoms with Crippen molar-refractivity contribution in [3.8, 4) is 0 Å². The van der Waals surface area contributed by atoms with Gasteiger partial charge in [0.25, 0.3) is 0 Å². The van der Waals surface area contributed by atoms with Crippen molar-refractivity contribution in [2.75, 3.05) is 5.32 Å². The first-order valence-corrected chi connectivity index (χ1v) is 6.13. The fourth-order valence-corrected chi connectivity index (χ4v) is 2.60. The Kier molecular flexibility index (Phi) is 3.33. The molecule has 0 unspecified atom stereocenters. The number of rotatable bonds is 3. The van der Waals surface area contributed by atoms with Crippen LogP contribution < -0.4 is 5.32 Å². The summed E-state index contributed by atoms with van der Waals surface area (Å²) in [7, 11) is 0. The molecule has 3 nitrogen and oxygen atoms in total. The van der Waals surface area contributed by atoms with Crippen molar-refractivity contribution in [2.45, 2.75) is 13.5 Å². The van der Waals surface area contributed by atoms with Crippen LogP contribution in [-0.4, -0.2) is 9.97 Å². The highest BCUT2D eigenvalue weighted by atomic mass is 79.9. The number of nitrogens with one attached hydrogen (secondary N) is 1. The van der Waals surface area contributed by atoms with Gasteiger partial charge in [0.15, 0.2) is 0 Å². The number of thiophene rings is 1. The number of hydrogen-bond acceptors (Lipinski definition) is 4. The lowest BCUT2D eigenvalue weighted by molar-refractivity contribution is 1.03. The lowest BCUT2D eigenvalue weighted by Gasteiger charge is -2.03. The Labute approximate surface area is 101 Å². The Morgan fingerprint density at radius 2 is 2.27 bits per heavy atom. The Hall–Kier alpha value is -0.940. The molecule has 0 aliphatic rings. The van der Waals surface area contributed by atoms with E-state index in [1.54, 1.807) is 17.5 Å². The van der Waals surface area contributed by atoms with Crippen molar-refractivity contribution in [1.29, 1.82) is 0 Å². The van der Waals surface area contributed by atoms with Gasteiger partial charge >= 0.3 is 0 Å². The minimum absolute atomic E-state index is 0.785. The molecule has 5 heteroatoms. The van der Waals surface area contributed by atoms with Gasteiger partial charge in [0, 0.05) is 11.1 Å². The minimum atomic E-state index is 0.785. The molecule has 1 N–H and O–H groups in total. The third-order valence-corrected chi connectivity index (χ3v) is 3.47. The molecule has 2 aromatic rings. The molecule has 0 bridgehead atoms. The molecule has 0 aromatic carbocycles. The summed E-state index contributed by atoms with van der Waals surface area (Å²) in [6.07, 6.45) is 1.76. The minimum Gasteiger partial charge on any atom is -0.365 e. The van der Waals surface area contributed by atoms with Gasteiger partial charge in [-0.3, -0.25) is 0 Å². The molecular formula is C10H10BrN3S. The lowest BCUT2D eigenvalue weighted by Crippen LogP contribution is -2.01. The Morgan fingerprint density at radius 1 is 1.40 bits per heavy atom. The van der Waals surface area contributed by atoms with E-state index in [4.69, 9.17) is 0 Å². The van der Waals surface area contributed by atoms with E-state index < -0.39 is 0 Å². The quantitative estimate of drug-likeness (QED) is 0.940. The fourth-order valence-electron chi connectivity index (χ4n) is 1.18. The molecule has 2 aromatic heterocycles. The molecule has 0 radical (unpaired) electrons. The van der Waals surface area contributed by atoms with Crippen LogP contribution in [0.25, 0.3) is 0 Å². The summed E-state index contributed by atoms with van der Waals surface area (Å²) in [5.74, 6) is 1.65. The smallest absolute Gasteiger partial charge is 0.129 e. The SMILES string of the molecule is Cc1nccc(NCc2ccc(Br)s2)n1. The topological polar surface area (TPSA) is 37.8 Å². The maximum absolute atomic E-state index is 4.27. The van der Waals surface area contributed by atoms with Crippen LogP contribution in [0, 0.1) is 6.92 Å². The van der Waals surface area contributed by atoms with E-state index in [2.05, 4.69) is 37.3 Å². The van der Waals surface area contributed by atoms with Crippen molar-refractivity contribution in [1.82, 2.24) is 9.97 Å². The van der Waals surface area contributed by atoms with Crippen LogP contribution in [-0.2, 0) is 6.54 Å². The van der Waals surface area contributed by atoms with Gasteiger partial charge in [0.2, 0.25) is 0 Å². The van der Waals surface area contributed by atoms with Crippen molar-refractivity contribution < 1.29 is 0 Å². The number of nitrogens with zero attached hydrogens (tertiary/aromatic N) is 2. The van der Waals surface area contributed by atoms with Gasteiger partial charge in [-0.1, -0.05) is 0 Å². The van der Waals surface area contributed by atoms with Crippen LogP contribution in [0.2, 0.25) is 0 Å². The van der Waals surface area contributed by atoms with E-state index in [0.717, 1.165) is 22.0 Å². The predicted molar refractivity (Wildman–Crippen MR) is 66.1 cm³/mol. The number of aryl methyl sites for hydroxylation is 1. The van der Waals surface area contributed by atoms with E-state index >= 15 is 0 Å². The monoisotopic (exact) mass is 283 g/mol. The van der Waals surface area contributed by atoms with E-state index in [1.165, 1.54) is 4.88 Å². The Bertz CT molecular complexity index is 455. The first-order chi connectivity index (χ1) is 7.24. The summed E-state index contributed by atoms with van der Waals surface area (Å²) in [4.78, 5) is 9.58. The lowest BCUT2D eigenvalue weighted by atomic mass is 10.4. The molecule has 0 aliphatic heterocycles. The third-order valence-electron chi connectivity index (χ3n) is 1.85. The van der Waals surface area contributed by atoms with E-state index in [0.29, 0.717) is 0 Å². The van der Waals surface area contributed by atoms with Gasteiger partial charge in [-0.2, -0.15) is 0 Å². The molecule has 0 aliphatic carbocycles. The molecular weight excluding hydrogens is 274 g/mol. The number of halogens is 1. The molecule has 0 amide bonds. The second-order valence-corrected chi connectivity index (χ2v) is 5.60. The highest BCUT2D eigenvalue weighted by Gasteiger charge is 1.98. The van der Waals surface area contributed by atoms with Crippen LogP contribution in [0.3, 0.4) is 0 Å². The average molecular weight is 284 g/mol. The Balaban J connectivity index is 1.99. The van der Waals surface area contributed by atoms with Gasteiger partial charge in [0.05, 0.1) is 10.3 Å². The van der Waals surface area contributed by atoms with Crippen molar-refractivity contribution >= 4 is 33.1 Å². The summed E-state index contributed by atoms with van der Waals surface area (Å²) >= 11 is 5.16. The largest absolute Gasteiger partial charge is 0.365 e. The van der Waals surface area contributed by atoms with Crippen LogP contribution in [0.5, 0.6) is 0 Å². The number of hydrogen-bond donors (Lipinski definition) is 1. The van der Waals surface area contributed by atoms with E-state index in [-0.39, 0.29) is 0 Å². The van der Waals surface area contributed by atoms with Crippen molar-refractivity contribution in [3.63, 3.8) is 0 Å². The highest BCUT2D eigenvalue weighted by Crippen LogP contribution is 2.22. The molecule has 0 saturated carbocycles. The molecule has 0 saturated heterocycles. The summed E-state index contributed by atoms with van der Waals surface area (Å²) in [6.45, 7) is 2.68. The third kappa shape index (κ3) is 3.00. The first-order valence-electron chi connectivity index (χ1n) is 4.52. The van der Waals surface area contributed by atoms with Gasteiger partial charge in [-0.15, -0.1) is 11.3 Å². The normalized spacial score (nSPS) is 10.3. The van der Waals surface area contributed by atoms with E-state index in [1.807, 2.05) is 19.1 Å². The molecule has 78 valence electrons. The fraction of sp³-hybridized carbons (Fsp3) is 0.200. The number of aromatic nitrogens is 2. The number of anilines is 1. The van der Waals surface area contributed by atoms with Crippen LogP contribution in [0.4, 0.5) is 5.82 Å². The second-order valence-electron chi connectivity index (χ2n) is 3.05. The second kappa shape index (κ2) is 4.72. The Morgan fingerprint density at radius 3 is 2.93 bits per heavy atom. The van der Waals surface area contributed by atoms with Crippen molar-refractivity contribution in [3.05, 3.63) is 38.9 Å². The summed E-state index contributed by atoms with van der Waals surface area (Å²) in [5.41, 5.74) is 0. The maximum atomic E-state index is 4.27. The molecule has 0 spiro atoms. The molecule has 0 fully saturated rings. The zero-order valence-corrected chi connectivity index (χ0v) is 10.6. The van der Waals surface area contributed by atoms with Crippen LogP contribution in [0.1, 0.15) is 10.7 Å². The van der Waals surface area contributed by atoms with Gasteiger partial charge in [-0.05, 0) is 41.1 Å². The summed E-state index contributed by atoms with van der Waals surface area (Å²) in [6, 6.07) is 6.01. The van der Waals surface area contributed by atoms with Gasteiger partial charge < -0.3 is 5.32 Å².